The zero-order valence-electron chi connectivity index (χ0n) is 11.4. The van der Waals surface area contributed by atoms with Gasteiger partial charge in [-0.3, -0.25) is 4.79 Å². The Hall–Kier alpha value is -2.74. The molecular weight excluding hydrogens is 293 g/mol. The second-order valence-corrected chi connectivity index (χ2v) is 4.44. The summed E-state index contributed by atoms with van der Waals surface area (Å²) in [7, 11) is 0. The minimum absolute atomic E-state index is 0.00372. The third-order valence-corrected chi connectivity index (χ3v) is 2.97. The average molecular weight is 304 g/mol. The summed E-state index contributed by atoms with van der Waals surface area (Å²) in [5, 5.41) is 0. The number of terminal acetylenes is 1. The van der Waals surface area contributed by atoms with E-state index >= 15 is 0 Å². The van der Waals surface area contributed by atoms with E-state index in [4.69, 9.17) is 11.2 Å². The van der Waals surface area contributed by atoms with Gasteiger partial charge in [0.25, 0.3) is 0 Å². The van der Waals surface area contributed by atoms with E-state index in [1.807, 2.05) is 0 Å². The van der Waals surface area contributed by atoms with Crippen LogP contribution in [-0.2, 0) is 6.18 Å². The molecule has 0 spiro atoms. The molecule has 0 aliphatic rings. The fourth-order valence-electron chi connectivity index (χ4n) is 1.95. The van der Waals surface area contributed by atoms with Gasteiger partial charge in [0.2, 0.25) is 0 Å². The summed E-state index contributed by atoms with van der Waals surface area (Å²) >= 11 is 0. The molecule has 0 amide bonds. The van der Waals surface area contributed by atoms with Crippen molar-refractivity contribution >= 4 is 6.29 Å². The normalized spacial score (nSPS) is 10.8. The first-order chi connectivity index (χ1) is 10.5. The quantitative estimate of drug-likeness (QED) is 0.625. The van der Waals surface area contributed by atoms with Gasteiger partial charge in [0.1, 0.15) is 12.4 Å². The Labute approximate surface area is 125 Å². The standard InChI is InChI=1S/C17H11F3O2/c1-2-8-22-16-7-6-13(9-14(16)11-21)12-4-3-5-15(10-12)17(18,19)20/h1,3-7,9-11H,8H2. The molecule has 0 unspecified atom stereocenters. The molecule has 0 radical (unpaired) electrons. The third-order valence-electron chi connectivity index (χ3n) is 2.97. The number of rotatable bonds is 4. The Kier molecular flexibility index (Phi) is 4.52. The summed E-state index contributed by atoms with van der Waals surface area (Å²) in [5.74, 6) is 2.57. The summed E-state index contributed by atoms with van der Waals surface area (Å²) in [6.07, 6.45) is 1.23. The maximum absolute atomic E-state index is 12.7. The molecule has 0 saturated carbocycles. The molecule has 0 heterocycles. The van der Waals surface area contributed by atoms with Crippen molar-refractivity contribution in [2.75, 3.05) is 6.61 Å². The van der Waals surface area contributed by atoms with E-state index in [-0.39, 0.29) is 12.2 Å². The molecule has 112 valence electrons. The van der Waals surface area contributed by atoms with Crippen LogP contribution in [0.4, 0.5) is 13.2 Å². The second-order valence-electron chi connectivity index (χ2n) is 4.44. The van der Waals surface area contributed by atoms with Gasteiger partial charge >= 0.3 is 6.18 Å². The van der Waals surface area contributed by atoms with Gasteiger partial charge in [-0.1, -0.05) is 24.1 Å². The summed E-state index contributed by atoms with van der Waals surface area (Å²) in [6.45, 7) is 0.00372. The Morgan fingerprint density at radius 3 is 2.50 bits per heavy atom. The van der Waals surface area contributed by atoms with Crippen molar-refractivity contribution in [2.45, 2.75) is 6.18 Å². The van der Waals surface area contributed by atoms with E-state index in [9.17, 15) is 18.0 Å². The summed E-state index contributed by atoms with van der Waals surface area (Å²) in [6, 6.07) is 9.45. The molecule has 0 fully saturated rings. The summed E-state index contributed by atoms with van der Waals surface area (Å²) in [4.78, 5) is 11.1. The first kappa shape index (κ1) is 15.6. The molecule has 2 rings (SSSR count). The van der Waals surface area contributed by atoms with Crippen molar-refractivity contribution in [2.24, 2.45) is 0 Å². The van der Waals surface area contributed by atoms with E-state index in [0.717, 1.165) is 12.1 Å². The van der Waals surface area contributed by atoms with Crippen LogP contribution >= 0.6 is 0 Å². The zero-order valence-corrected chi connectivity index (χ0v) is 11.4. The molecule has 0 atom stereocenters. The van der Waals surface area contributed by atoms with Gasteiger partial charge in [-0.15, -0.1) is 6.42 Å². The number of ether oxygens (including phenoxy) is 1. The van der Waals surface area contributed by atoms with Crippen molar-refractivity contribution < 1.29 is 22.7 Å². The van der Waals surface area contributed by atoms with Gasteiger partial charge < -0.3 is 4.74 Å². The van der Waals surface area contributed by atoms with Crippen LogP contribution in [0.15, 0.2) is 42.5 Å². The highest BCUT2D eigenvalue weighted by molar-refractivity contribution is 5.83. The van der Waals surface area contributed by atoms with E-state index in [0.29, 0.717) is 23.2 Å². The monoisotopic (exact) mass is 304 g/mol. The Morgan fingerprint density at radius 2 is 1.86 bits per heavy atom. The lowest BCUT2D eigenvalue weighted by Crippen LogP contribution is -2.04. The van der Waals surface area contributed by atoms with Crippen LogP contribution in [0.2, 0.25) is 0 Å². The van der Waals surface area contributed by atoms with Crippen LogP contribution in [0, 0.1) is 12.3 Å². The average Bonchev–Trinajstić information content (AvgIpc) is 2.52. The lowest BCUT2D eigenvalue weighted by atomic mass is 10.0. The highest BCUT2D eigenvalue weighted by Gasteiger charge is 2.30. The second kappa shape index (κ2) is 6.35. The molecule has 0 aliphatic heterocycles. The fraction of sp³-hybridized carbons (Fsp3) is 0.118. The van der Waals surface area contributed by atoms with Crippen molar-refractivity contribution in [3.8, 4) is 29.2 Å². The topological polar surface area (TPSA) is 26.3 Å². The number of carbonyl (C=O) groups is 1. The van der Waals surface area contributed by atoms with E-state index in [2.05, 4.69) is 5.92 Å². The molecule has 2 aromatic carbocycles. The number of carbonyl (C=O) groups excluding carboxylic acids is 1. The lowest BCUT2D eigenvalue weighted by molar-refractivity contribution is -0.137. The molecule has 5 heteroatoms. The van der Waals surface area contributed by atoms with Crippen LogP contribution < -0.4 is 4.74 Å². The number of hydrogen-bond acceptors (Lipinski definition) is 2. The number of benzene rings is 2. The molecule has 0 N–H and O–H groups in total. The highest BCUT2D eigenvalue weighted by atomic mass is 19.4. The van der Waals surface area contributed by atoms with Gasteiger partial charge in [-0.25, -0.2) is 0 Å². The highest BCUT2D eigenvalue weighted by Crippen LogP contribution is 2.33. The number of hydrogen-bond donors (Lipinski definition) is 0. The molecule has 2 aromatic rings. The van der Waals surface area contributed by atoms with E-state index in [1.165, 1.54) is 18.2 Å². The molecule has 0 aliphatic carbocycles. The zero-order chi connectivity index (χ0) is 16.2. The van der Waals surface area contributed by atoms with Gasteiger partial charge in [0, 0.05) is 0 Å². The number of halogens is 3. The van der Waals surface area contributed by atoms with E-state index in [1.54, 1.807) is 12.1 Å². The number of aldehydes is 1. The van der Waals surface area contributed by atoms with Crippen LogP contribution in [0.1, 0.15) is 15.9 Å². The summed E-state index contributed by atoms with van der Waals surface area (Å²) in [5.41, 5.74) is 0.332. The third kappa shape index (κ3) is 3.47. The van der Waals surface area contributed by atoms with Crippen LogP contribution in [-0.4, -0.2) is 12.9 Å². The van der Waals surface area contributed by atoms with Gasteiger partial charge in [0.05, 0.1) is 11.1 Å². The molecule has 22 heavy (non-hydrogen) atoms. The maximum atomic E-state index is 12.7. The predicted octanol–water partition coefficient (Wildman–Crippen LogP) is 4.20. The van der Waals surface area contributed by atoms with Gasteiger partial charge in [0.15, 0.2) is 6.29 Å². The molecular formula is C17H11F3O2. The molecule has 0 saturated heterocycles. The fourth-order valence-corrected chi connectivity index (χ4v) is 1.95. The van der Waals surface area contributed by atoms with Crippen molar-refractivity contribution in [1.29, 1.82) is 0 Å². The molecule has 0 aromatic heterocycles. The molecule has 2 nitrogen and oxygen atoms in total. The maximum Gasteiger partial charge on any atom is 0.416 e. The van der Waals surface area contributed by atoms with Crippen molar-refractivity contribution in [3.63, 3.8) is 0 Å². The Morgan fingerprint density at radius 1 is 1.14 bits per heavy atom. The minimum atomic E-state index is -4.42. The lowest BCUT2D eigenvalue weighted by Gasteiger charge is -2.11. The first-order valence-electron chi connectivity index (χ1n) is 6.29. The van der Waals surface area contributed by atoms with Gasteiger partial charge in [-0.05, 0) is 35.4 Å². The Balaban J connectivity index is 2.41. The van der Waals surface area contributed by atoms with Crippen LogP contribution in [0.5, 0.6) is 5.75 Å². The largest absolute Gasteiger partial charge is 0.480 e. The van der Waals surface area contributed by atoms with Crippen LogP contribution in [0.25, 0.3) is 11.1 Å². The molecule has 0 bridgehead atoms. The van der Waals surface area contributed by atoms with Crippen molar-refractivity contribution in [1.82, 2.24) is 0 Å². The first-order valence-corrected chi connectivity index (χ1v) is 6.29. The smallest absolute Gasteiger partial charge is 0.416 e. The van der Waals surface area contributed by atoms with Crippen molar-refractivity contribution in [3.05, 3.63) is 53.6 Å². The predicted molar refractivity (Wildman–Crippen MR) is 76.6 cm³/mol. The van der Waals surface area contributed by atoms with E-state index < -0.39 is 11.7 Å². The van der Waals surface area contributed by atoms with Crippen LogP contribution in [0.3, 0.4) is 0 Å². The number of alkyl halides is 3. The summed E-state index contributed by atoms with van der Waals surface area (Å²) < 4.78 is 43.4. The SMILES string of the molecule is C#CCOc1ccc(-c2cccc(C(F)(F)F)c2)cc1C=O. The Bertz CT molecular complexity index is 727. The minimum Gasteiger partial charge on any atom is -0.480 e. The van der Waals surface area contributed by atoms with Gasteiger partial charge in [-0.2, -0.15) is 13.2 Å².